The molecule has 0 bridgehead atoms. The van der Waals surface area contributed by atoms with Crippen LogP contribution in [0.4, 0.5) is 0 Å². The first kappa shape index (κ1) is 19.9. The fraction of sp³-hybridized carbons (Fsp3) is 0.882. The molecule has 0 amide bonds. The third-order valence-corrected chi connectivity index (χ3v) is 3.93. The van der Waals surface area contributed by atoms with Gasteiger partial charge in [-0.1, -0.05) is 52.4 Å². The van der Waals surface area contributed by atoms with Gasteiger partial charge < -0.3 is 9.47 Å². The fourth-order valence-electron chi connectivity index (χ4n) is 2.49. The summed E-state index contributed by atoms with van der Waals surface area (Å²) in [7, 11) is 2.90. The molecule has 124 valence electrons. The summed E-state index contributed by atoms with van der Waals surface area (Å²) < 4.78 is 9.45. The third kappa shape index (κ3) is 10.3. The number of rotatable bonds is 12. The molecule has 4 heteroatoms. The van der Waals surface area contributed by atoms with Crippen LogP contribution in [0.1, 0.15) is 71.6 Å². The molecule has 0 N–H and O–H groups in total. The summed E-state index contributed by atoms with van der Waals surface area (Å²) in [6.45, 7) is 4.14. The van der Waals surface area contributed by atoms with Gasteiger partial charge in [-0.15, -0.1) is 0 Å². The normalized spacial score (nSPS) is 12.2. The van der Waals surface area contributed by atoms with Crippen LogP contribution >= 0.6 is 0 Å². The summed E-state index contributed by atoms with van der Waals surface area (Å²) in [6.07, 6.45) is 9.28. The highest BCUT2D eigenvalue weighted by molar-refractivity contribution is 5.72. The van der Waals surface area contributed by atoms with Crippen molar-refractivity contribution in [2.75, 3.05) is 14.2 Å². The topological polar surface area (TPSA) is 52.6 Å². The number of hydrogen-bond donors (Lipinski definition) is 0. The quantitative estimate of drug-likeness (QED) is 0.402. The number of carbonyl (C=O) groups excluding carboxylic acids is 2. The highest BCUT2D eigenvalue weighted by Crippen LogP contribution is 2.21. The molecule has 4 nitrogen and oxygen atoms in total. The highest BCUT2D eigenvalue weighted by atomic mass is 16.5. The summed E-state index contributed by atoms with van der Waals surface area (Å²) in [4.78, 5) is 22.5. The van der Waals surface area contributed by atoms with Crippen LogP contribution in [0.3, 0.4) is 0 Å². The Labute approximate surface area is 129 Å². The van der Waals surface area contributed by atoms with E-state index >= 15 is 0 Å². The molecule has 0 radical (unpaired) electrons. The molecule has 0 fully saturated rings. The summed E-state index contributed by atoms with van der Waals surface area (Å²) >= 11 is 0. The minimum absolute atomic E-state index is 0.0371. The van der Waals surface area contributed by atoms with Crippen LogP contribution in [0.5, 0.6) is 0 Å². The molecule has 0 saturated carbocycles. The van der Waals surface area contributed by atoms with Gasteiger partial charge in [0.05, 0.1) is 20.1 Å². The summed E-state index contributed by atoms with van der Waals surface area (Å²) in [6, 6.07) is 0. The molecule has 0 rings (SSSR count). The van der Waals surface area contributed by atoms with E-state index < -0.39 is 0 Å². The molecular formula is C17H32O4. The van der Waals surface area contributed by atoms with Crippen molar-refractivity contribution in [2.24, 2.45) is 11.8 Å². The molecule has 0 aromatic heterocycles. The molecule has 0 heterocycles. The van der Waals surface area contributed by atoms with Gasteiger partial charge in [-0.25, -0.2) is 0 Å². The lowest BCUT2D eigenvalue weighted by atomic mass is 9.90. The van der Waals surface area contributed by atoms with E-state index in [2.05, 4.69) is 18.6 Å². The molecule has 0 aliphatic carbocycles. The van der Waals surface area contributed by atoms with Gasteiger partial charge in [-0.3, -0.25) is 9.59 Å². The number of hydrogen-bond acceptors (Lipinski definition) is 4. The van der Waals surface area contributed by atoms with Crippen molar-refractivity contribution in [2.45, 2.75) is 71.6 Å². The lowest BCUT2D eigenvalue weighted by Gasteiger charge is -2.17. The Morgan fingerprint density at radius 1 is 0.810 bits per heavy atom. The van der Waals surface area contributed by atoms with Gasteiger partial charge in [0.1, 0.15) is 0 Å². The molecule has 0 spiro atoms. The first-order valence-corrected chi connectivity index (χ1v) is 8.17. The van der Waals surface area contributed by atoms with Gasteiger partial charge in [-0.05, 0) is 18.8 Å². The zero-order valence-electron chi connectivity index (χ0n) is 14.2. The minimum Gasteiger partial charge on any atom is -0.469 e. The van der Waals surface area contributed by atoms with Gasteiger partial charge in [0, 0.05) is 6.42 Å². The minimum atomic E-state index is -0.113. The number of esters is 2. The maximum Gasteiger partial charge on any atom is 0.308 e. The second kappa shape index (κ2) is 12.7. The Morgan fingerprint density at radius 2 is 1.33 bits per heavy atom. The van der Waals surface area contributed by atoms with E-state index in [1.54, 1.807) is 0 Å². The van der Waals surface area contributed by atoms with Crippen molar-refractivity contribution >= 4 is 11.9 Å². The second-order valence-electron chi connectivity index (χ2n) is 5.96. The molecule has 1 unspecified atom stereocenters. The summed E-state index contributed by atoms with van der Waals surface area (Å²) in [5.74, 6) is 0.191. The Bertz CT molecular complexity index is 287. The Balaban J connectivity index is 3.50. The first-order chi connectivity index (χ1) is 10.0. The predicted molar refractivity (Wildman–Crippen MR) is 83.9 cm³/mol. The van der Waals surface area contributed by atoms with Crippen LogP contribution in [0, 0.1) is 11.8 Å². The van der Waals surface area contributed by atoms with Gasteiger partial charge in [0.15, 0.2) is 0 Å². The van der Waals surface area contributed by atoms with Crippen LogP contribution < -0.4 is 0 Å². The molecule has 0 aromatic rings. The van der Waals surface area contributed by atoms with Crippen molar-refractivity contribution in [3.63, 3.8) is 0 Å². The number of carbonyl (C=O) groups is 2. The van der Waals surface area contributed by atoms with Crippen LogP contribution in [-0.2, 0) is 19.1 Å². The van der Waals surface area contributed by atoms with Crippen LogP contribution in [0.25, 0.3) is 0 Å². The van der Waals surface area contributed by atoms with Crippen LogP contribution in [-0.4, -0.2) is 26.2 Å². The average Bonchev–Trinajstić information content (AvgIpc) is 2.47. The van der Waals surface area contributed by atoms with E-state index in [9.17, 15) is 9.59 Å². The molecular weight excluding hydrogens is 268 g/mol. The summed E-state index contributed by atoms with van der Waals surface area (Å²) in [5.41, 5.74) is 0. The van der Waals surface area contributed by atoms with Gasteiger partial charge in [-0.2, -0.15) is 0 Å². The van der Waals surface area contributed by atoms with Crippen molar-refractivity contribution in [1.29, 1.82) is 0 Å². The Hall–Kier alpha value is -1.06. The Kier molecular flexibility index (Phi) is 12.0. The Morgan fingerprint density at radius 3 is 1.81 bits per heavy atom. The largest absolute Gasteiger partial charge is 0.469 e. The maximum absolute atomic E-state index is 11.6. The standard InChI is InChI=1S/C17H32O4/c1-14(2)15(17(19)21-4)12-10-8-6-5-7-9-11-13-16(18)20-3/h14-15H,5-13H2,1-4H3. The van der Waals surface area contributed by atoms with Crippen molar-refractivity contribution in [3.05, 3.63) is 0 Å². The van der Waals surface area contributed by atoms with Gasteiger partial charge >= 0.3 is 11.9 Å². The lowest BCUT2D eigenvalue weighted by Crippen LogP contribution is -2.21. The average molecular weight is 300 g/mol. The van der Waals surface area contributed by atoms with E-state index in [0.29, 0.717) is 12.3 Å². The molecule has 1 atom stereocenters. The van der Waals surface area contributed by atoms with Crippen LogP contribution in [0.15, 0.2) is 0 Å². The fourth-order valence-corrected chi connectivity index (χ4v) is 2.49. The van der Waals surface area contributed by atoms with E-state index in [0.717, 1.165) is 32.1 Å². The summed E-state index contributed by atoms with van der Waals surface area (Å²) in [5, 5.41) is 0. The SMILES string of the molecule is COC(=O)CCCCCCCCCC(C(=O)OC)C(C)C. The van der Waals surface area contributed by atoms with E-state index in [1.807, 2.05) is 0 Å². The maximum atomic E-state index is 11.6. The van der Waals surface area contributed by atoms with Crippen molar-refractivity contribution in [1.82, 2.24) is 0 Å². The highest BCUT2D eigenvalue weighted by Gasteiger charge is 2.21. The second-order valence-corrected chi connectivity index (χ2v) is 5.96. The predicted octanol–water partition coefficient (Wildman–Crippen LogP) is 4.12. The molecule has 0 saturated heterocycles. The zero-order chi connectivity index (χ0) is 16.1. The zero-order valence-corrected chi connectivity index (χ0v) is 14.2. The van der Waals surface area contributed by atoms with E-state index in [4.69, 9.17) is 4.74 Å². The van der Waals surface area contributed by atoms with Crippen molar-refractivity contribution in [3.8, 4) is 0 Å². The first-order valence-electron chi connectivity index (χ1n) is 8.17. The molecule has 0 aliphatic heterocycles. The monoisotopic (exact) mass is 300 g/mol. The molecule has 0 aliphatic rings. The van der Waals surface area contributed by atoms with Crippen LogP contribution in [0.2, 0.25) is 0 Å². The number of methoxy groups -OCH3 is 2. The van der Waals surface area contributed by atoms with E-state index in [1.165, 1.54) is 33.5 Å². The van der Waals surface area contributed by atoms with Gasteiger partial charge in [0.25, 0.3) is 0 Å². The lowest BCUT2D eigenvalue weighted by molar-refractivity contribution is -0.147. The number of ether oxygens (including phenoxy) is 2. The third-order valence-electron chi connectivity index (χ3n) is 3.93. The smallest absolute Gasteiger partial charge is 0.308 e. The number of unbranched alkanes of at least 4 members (excludes halogenated alkanes) is 6. The van der Waals surface area contributed by atoms with Gasteiger partial charge in [0.2, 0.25) is 0 Å². The van der Waals surface area contributed by atoms with Crippen molar-refractivity contribution < 1.29 is 19.1 Å². The van der Waals surface area contributed by atoms with E-state index in [-0.39, 0.29) is 17.9 Å². The molecule has 21 heavy (non-hydrogen) atoms. The molecule has 0 aromatic carbocycles.